The molecule has 0 bridgehead atoms. The van der Waals surface area contributed by atoms with E-state index in [4.69, 9.17) is 19.5 Å². The van der Waals surface area contributed by atoms with Crippen LogP contribution < -0.4 is 10.8 Å². The van der Waals surface area contributed by atoms with Gasteiger partial charge in [-0.2, -0.15) is 0 Å². The first kappa shape index (κ1) is 20.0. The van der Waals surface area contributed by atoms with Gasteiger partial charge in [-0.25, -0.2) is 9.59 Å². The third kappa shape index (κ3) is 7.01. The summed E-state index contributed by atoms with van der Waals surface area (Å²) in [5.41, 5.74) is 0.391. The van der Waals surface area contributed by atoms with E-state index in [0.29, 0.717) is 5.46 Å². The van der Waals surface area contributed by atoms with E-state index in [9.17, 15) is 9.59 Å². The van der Waals surface area contributed by atoms with Gasteiger partial charge in [0, 0.05) is 6.42 Å². The quantitative estimate of drug-likeness (QED) is 0.512. The van der Waals surface area contributed by atoms with Gasteiger partial charge in [0.05, 0.1) is 6.61 Å². The van der Waals surface area contributed by atoms with Crippen molar-refractivity contribution in [1.29, 1.82) is 0 Å². The number of hydrogen-bond donors (Lipinski definition) is 3. The molecule has 3 N–H and O–H groups in total. The van der Waals surface area contributed by atoms with Crippen molar-refractivity contribution in [1.82, 2.24) is 5.32 Å². The Labute approximate surface area is 142 Å². The van der Waals surface area contributed by atoms with Gasteiger partial charge >= 0.3 is 19.2 Å². The zero-order chi connectivity index (χ0) is 18.3. The largest absolute Gasteiger partial charge is 0.488 e. The van der Waals surface area contributed by atoms with Crippen LogP contribution in [0.5, 0.6) is 0 Å². The van der Waals surface area contributed by atoms with Gasteiger partial charge in [0.2, 0.25) is 0 Å². The second kappa shape index (κ2) is 8.70. The lowest BCUT2D eigenvalue weighted by Gasteiger charge is -2.23. The molecule has 0 fully saturated rings. The summed E-state index contributed by atoms with van der Waals surface area (Å²) < 4.78 is 10.1. The molecule has 0 aromatic heterocycles. The topological polar surface area (TPSA) is 105 Å². The normalized spacial score (nSPS) is 12.2. The first-order chi connectivity index (χ1) is 11.1. The molecule has 1 amide bonds. The molecule has 0 spiro atoms. The Morgan fingerprint density at radius 1 is 1.21 bits per heavy atom. The smallest absolute Gasteiger partial charge is 0.464 e. The van der Waals surface area contributed by atoms with Crippen LogP contribution in [0.1, 0.15) is 33.3 Å². The average Bonchev–Trinajstić information content (AvgIpc) is 2.45. The third-order valence-electron chi connectivity index (χ3n) is 2.98. The number of hydrogen-bond acceptors (Lipinski definition) is 6. The van der Waals surface area contributed by atoms with E-state index in [1.807, 2.05) is 0 Å². The second-order valence-corrected chi connectivity index (χ2v) is 6.27. The maximum absolute atomic E-state index is 12.1. The summed E-state index contributed by atoms with van der Waals surface area (Å²) >= 11 is 0. The van der Waals surface area contributed by atoms with Crippen molar-refractivity contribution in [2.75, 3.05) is 6.61 Å². The summed E-state index contributed by atoms with van der Waals surface area (Å²) in [5, 5.41) is 20.7. The molecule has 0 saturated heterocycles. The van der Waals surface area contributed by atoms with E-state index in [1.54, 1.807) is 39.8 Å². The number of benzene rings is 1. The van der Waals surface area contributed by atoms with Gasteiger partial charge in [-0.3, -0.25) is 0 Å². The van der Waals surface area contributed by atoms with E-state index in [-0.39, 0.29) is 13.0 Å². The predicted molar refractivity (Wildman–Crippen MR) is 89.8 cm³/mol. The van der Waals surface area contributed by atoms with E-state index in [2.05, 4.69) is 5.32 Å². The standard InChI is InChI=1S/C16H24BNO6/c1-5-23-14(19)13(18-15(20)24-16(2,3)4)10-11-6-8-12(9-7-11)17(21)22/h6-9,13,21-22H,5,10H2,1-4H3,(H,18,20)/t13-/m0/s1. The highest BCUT2D eigenvalue weighted by atomic mass is 16.6. The number of carbonyl (C=O) groups excluding carboxylic acids is 2. The van der Waals surface area contributed by atoms with Crippen LogP contribution in [0.2, 0.25) is 0 Å². The van der Waals surface area contributed by atoms with E-state index in [0.717, 1.165) is 5.56 Å². The number of amides is 1. The lowest BCUT2D eigenvalue weighted by molar-refractivity contribution is -0.145. The fourth-order valence-corrected chi connectivity index (χ4v) is 1.95. The number of rotatable bonds is 6. The minimum Gasteiger partial charge on any atom is -0.464 e. The molecule has 0 aliphatic rings. The summed E-state index contributed by atoms with van der Waals surface area (Å²) in [6, 6.07) is 5.48. The van der Waals surface area contributed by atoms with Crippen molar-refractivity contribution in [2.45, 2.75) is 45.8 Å². The molecule has 7 nitrogen and oxygen atoms in total. The van der Waals surface area contributed by atoms with Gasteiger partial charge in [0.15, 0.2) is 0 Å². The highest BCUT2D eigenvalue weighted by molar-refractivity contribution is 6.58. The van der Waals surface area contributed by atoms with Crippen LogP contribution in [-0.2, 0) is 20.7 Å². The molecule has 0 radical (unpaired) electrons. The van der Waals surface area contributed by atoms with Crippen LogP contribution in [0.3, 0.4) is 0 Å². The molecule has 132 valence electrons. The molecule has 0 unspecified atom stereocenters. The maximum atomic E-state index is 12.1. The molecule has 24 heavy (non-hydrogen) atoms. The highest BCUT2D eigenvalue weighted by Crippen LogP contribution is 2.09. The number of nitrogens with one attached hydrogen (secondary N) is 1. The fraction of sp³-hybridized carbons (Fsp3) is 0.500. The van der Waals surface area contributed by atoms with Crippen LogP contribution in [0.4, 0.5) is 4.79 Å². The van der Waals surface area contributed by atoms with E-state index < -0.39 is 30.8 Å². The number of alkyl carbamates (subject to hydrolysis) is 1. The van der Waals surface area contributed by atoms with Crippen molar-refractivity contribution in [3.05, 3.63) is 29.8 Å². The van der Waals surface area contributed by atoms with Crippen molar-refractivity contribution < 1.29 is 29.1 Å². The van der Waals surface area contributed by atoms with Crippen LogP contribution >= 0.6 is 0 Å². The van der Waals surface area contributed by atoms with Crippen LogP contribution in [0, 0.1) is 0 Å². The number of carbonyl (C=O) groups is 2. The number of esters is 1. The van der Waals surface area contributed by atoms with Crippen molar-refractivity contribution in [3.8, 4) is 0 Å². The minimum atomic E-state index is -1.56. The Kier molecular flexibility index (Phi) is 7.25. The lowest BCUT2D eigenvalue weighted by atomic mass is 9.80. The summed E-state index contributed by atoms with van der Waals surface area (Å²) in [7, 11) is -1.56. The molecule has 1 aromatic rings. The van der Waals surface area contributed by atoms with Gasteiger partial charge in [0.25, 0.3) is 0 Å². The lowest BCUT2D eigenvalue weighted by Crippen LogP contribution is -2.45. The molecular weight excluding hydrogens is 313 g/mol. The minimum absolute atomic E-state index is 0.194. The van der Waals surface area contributed by atoms with Crippen LogP contribution in [0.25, 0.3) is 0 Å². The molecule has 0 aliphatic carbocycles. The molecule has 1 atom stereocenters. The van der Waals surface area contributed by atoms with Crippen LogP contribution in [-0.4, -0.2) is 47.5 Å². The summed E-state index contributed by atoms with van der Waals surface area (Å²) in [6.07, 6.45) is -0.511. The van der Waals surface area contributed by atoms with E-state index in [1.165, 1.54) is 12.1 Å². The first-order valence-electron chi connectivity index (χ1n) is 7.73. The monoisotopic (exact) mass is 337 g/mol. The molecule has 8 heteroatoms. The average molecular weight is 337 g/mol. The molecule has 1 rings (SSSR count). The Bertz CT molecular complexity index is 553. The molecule has 0 saturated carbocycles. The van der Waals surface area contributed by atoms with Gasteiger partial charge in [-0.1, -0.05) is 24.3 Å². The third-order valence-corrected chi connectivity index (χ3v) is 2.98. The molecular formula is C16H24BNO6. The predicted octanol–water partition coefficient (Wildman–Crippen LogP) is 0.365. The maximum Gasteiger partial charge on any atom is 0.488 e. The molecule has 0 heterocycles. The Hall–Kier alpha value is -2.06. The van der Waals surface area contributed by atoms with Crippen molar-refractivity contribution in [3.63, 3.8) is 0 Å². The molecule has 1 aromatic carbocycles. The van der Waals surface area contributed by atoms with Gasteiger partial charge in [-0.05, 0) is 38.7 Å². The Morgan fingerprint density at radius 2 is 1.79 bits per heavy atom. The van der Waals surface area contributed by atoms with Gasteiger partial charge in [0.1, 0.15) is 11.6 Å². The van der Waals surface area contributed by atoms with Crippen LogP contribution in [0.15, 0.2) is 24.3 Å². The Morgan fingerprint density at radius 3 is 2.25 bits per heavy atom. The summed E-state index contributed by atoms with van der Waals surface area (Å²) in [5.74, 6) is -0.561. The zero-order valence-electron chi connectivity index (χ0n) is 14.4. The first-order valence-corrected chi connectivity index (χ1v) is 7.73. The SMILES string of the molecule is CCOC(=O)[C@H](Cc1ccc(B(O)O)cc1)NC(=O)OC(C)(C)C. The van der Waals surface area contributed by atoms with E-state index >= 15 is 0 Å². The van der Waals surface area contributed by atoms with Gasteiger partial charge < -0.3 is 24.8 Å². The molecule has 0 aliphatic heterocycles. The number of ether oxygens (including phenoxy) is 2. The summed E-state index contributed by atoms with van der Waals surface area (Å²) in [4.78, 5) is 24.0. The zero-order valence-corrected chi connectivity index (χ0v) is 14.4. The highest BCUT2D eigenvalue weighted by Gasteiger charge is 2.25. The van der Waals surface area contributed by atoms with Crippen molar-refractivity contribution in [2.24, 2.45) is 0 Å². The van der Waals surface area contributed by atoms with Crippen molar-refractivity contribution >= 4 is 24.6 Å². The second-order valence-electron chi connectivity index (χ2n) is 6.27. The summed E-state index contributed by atoms with van der Waals surface area (Å²) in [6.45, 7) is 7.06. The Balaban J connectivity index is 2.82. The van der Waals surface area contributed by atoms with Gasteiger partial charge in [-0.15, -0.1) is 0 Å². The fourth-order valence-electron chi connectivity index (χ4n) is 1.95.